The molecule has 2 aromatic rings. The Bertz CT molecular complexity index is 939. The largest absolute Gasteiger partial charge is 0.379 e. The Morgan fingerprint density at radius 1 is 1.00 bits per heavy atom. The quantitative estimate of drug-likeness (QED) is 0.763. The fourth-order valence-corrected chi connectivity index (χ4v) is 6.35. The van der Waals surface area contributed by atoms with Crippen molar-refractivity contribution in [2.45, 2.75) is 0 Å². The molecule has 0 N–H and O–H groups in total. The van der Waals surface area contributed by atoms with Crippen molar-refractivity contribution in [2.24, 2.45) is 18.9 Å². The number of hydrogen-bond donors (Lipinski definition) is 0. The van der Waals surface area contributed by atoms with E-state index in [1.54, 1.807) is 8.61 Å². The van der Waals surface area contributed by atoms with Crippen LogP contribution in [0.5, 0.6) is 0 Å². The molecule has 2 atom stereocenters. The van der Waals surface area contributed by atoms with E-state index in [0.29, 0.717) is 51.2 Å². The van der Waals surface area contributed by atoms with E-state index in [2.05, 4.69) is 15.5 Å². The molecular formula is C18H25N5O3S. The van der Waals surface area contributed by atoms with Crippen molar-refractivity contribution in [3.8, 4) is 0 Å². The van der Waals surface area contributed by atoms with Gasteiger partial charge in [0, 0.05) is 46.3 Å². The van der Waals surface area contributed by atoms with Crippen molar-refractivity contribution >= 4 is 27.2 Å². The predicted octanol–water partition coefficient (Wildman–Crippen LogP) is 0.518. The SMILES string of the molecule is Cn1c(N2CC3CN(S(=O)(=O)N4CCOCC4)CC3C2)nc2ccccc21. The van der Waals surface area contributed by atoms with Gasteiger partial charge in [0.25, 0.3) is 10.2 Å². The van der Waals surface area contributed by atoms with Gasteiger partial charge in [0.05, 0.1) is 24.2 Å². The van der Waals surface area contributed by atoms with Crippen LogP contribution >= 0.6 is 0 Å². The third-order valence-electron chi connectivity index (χ3n) is 6.12. The first-order chi connectivity index (χ1) is 13.0. The van der Waals surface area contributed by atoms with Crippen LogP contribution in [-0.2, 0) is 22.0 Å². The fourth-order valence-electron chi connectivity index (χ4n) is 4.66. The molecule has 146 valence electrons. The van der Waals surface area contributed by atoms with Gasteiger partial charge in [0.1, 0.15) is 0 Å². The molecule has 1 aromatic carbocycles. The minimum atomic E-state index is -3.37. The van der Waals surface area contributed by atoms with Gasteiger partial charge in [-0.3, -0.25) is 0 Å². The first-order valence-electron chi connectivity index (χ1n) is 9.53. The van der Waals surface area contributed by atoms with Crippen LogP contribution < -0.4 is 4.90 Å². The Morgan fingerprint density at radius 3 is 2.33 bits per heavy atom. The van der Waals surface area contributed by atoms with Crippen LogP contribution in [0.1, 0.15) is 0 Å². The van der Waals surface area contributed by atoms with Gasteiger partial charge in [-0.05, 0) is 24.0 Å². The molecule has 2 unspecified atom stereocenters. The maximum Gasteiger partial charge on any atom is 0.282 e. The molecule has 0 amide bonds. The second-order valence-corrected chi connectivity index (χ2v) is 9.65. The highest BCUT2D eigenvalue weighted by Crippen LogP contribution is 2.36. The van der Waals surface area contributed by atoms with Crippen LogP contribution in [0.3, 0.4) is 0 Å². The lowest BCUT2D eigenvalue weighted by atomic mass is 10.0. The van der Waals surface area contributed by atoms with Gasteiger partial charge in [-0.25, -0.2) is 4.98 Å². The molecule has 8 nitrogen and oxygen atoms in total. The molecule has 27 heavy (non-hydrogen) atoms. The summed E-state index contributed by atoms with van der Waals surface area (Å²) in [5.74, 6) is 1.70. The number of ether oxygens (including phenoxy) is 1. The van der Waals surface area contributed by atoms with Crippen molar-refractivity contribution < 1.29 is 13.2 Å². The summed E-state index contributed by atoms with van der Waals surface area (Å²) in [6, 6.07) is 8.15. The van der Waals surface area contributed by atoms with E-state index in [4.69, 9.17) is 9.72 Å². The number of morpholine rings is 1. The topological polar surface area (TPSA) is 70.9 Å². The van der Waals surface area contributed by atoms with E-state index < -0.39 is 10.2 Å². The number of benzene rings is 1. The number of para-hydroxylation sites is 2. The maximum absolute atomic E-state index is 12.9. The number of imidazole rings is 1. The minimum absolute atomic E-state index is 0.362. The average molecular weight is 391 g/mol. The highest BCUT2D eigenvalue weighted by molar-refractivity contribution is 7.86. The molecule has 5 rings (SSSR count). The number of aryl methyl sites for hydroxylation is 1. The molecular weight excluding hydrogens is 366 g/mol. The highest BCUT2D eigenvalue weighted by Gasteiger charge is 2.46. The van der Waals surface area contributed by atoms with Gasteiger partial charge in [-0.15, -0.1) is 0 Å². The normalized spacial score (nSPS) is 27.5. The number of anilines is 1. The van der Waals surface area contributed by atoms with E-state index in [0.717, 1.165) is 30.1 Å². The lowest BCUT2D eigenvalue weighted by Gasteiger charge is -2.31. The van der Waals surface area contributed by atoms with Crippen LogP contribution in [0, 0.1) is 11.8 Å². The van der Waals surface area contributed by atoms with Gasteiger partial charge in [-0.2, -0.15) is 17.0 Å². The standard InChI is InChI=1S/C18H25N5O3S/c1-20-17-5-3-2-4-16(17)19-18(20)21-10-14-12-23(13-15(14)11-21)27(24,25)22-6-8-26-9-7-22/h2-5,14-15H,6-13H2,1H3. The summed E-state index contributed by atoms with van der Waals surface area (Å²) < 4.78 is 36.5. The Morgan fingerprint density at radius 2 is 1.67 bits per heavy atom. The van der Waals surface area contributed by atoms with E-state index in [1.807, 2.05) is 25.2 Å². The van der Waals surface area contributed by atoms with Crippen LogP contribution in [0.25, 0.3) is 11.0 Å². The summed E-state index contributed by atoms with van der Waals surface area (Å²) in [6.07, 6.45) is 0. The number of fused-ring (bicyclic) bond motifs is 2. The zero-order valence-electron chi connectivity index (χ0n) is 15.5. The summed E-state index contributed by atoms with van der Waals surface area (Å²) in [6.45, 7) is 4.81. The predicted molar refractivity (Wildman–Crippen MR) is 103 cm³/mol. The first kappa shape index (κ1) is 17.4. The second-order valence-electron chi connectivity index (χ2n) is 7.72. The fraction of sp³-hybridized carbons (Fsp3) is 0.611. The number of hydrogen-bond acceptors (Lipinski definition) is 5. The molecule has 3 saturated heterocycles. The summed E-state index contributed by atoms with van der Waals surface area (Å²) in [4.78, 5) is 7.11. The first-order valence-corrected chi connectivity index (χ1v) is 10.9. The molecule has 0 saturated carbocycles. The summed E-state index contributed by atoms with van der Waals surface area (Å²) in [5.41, 5.74) is 2.13. The molecule has 3 aliphatic rings. The average Bonchev–Trinajstić information content (AvgIpc) is 3.34. The van der Waals surface area contributed by atoms with Gasteiger partial charge in [-0.1, -0.05) is 12.1 Å². The minimum Gasteiger partial charge on any atom is -0.379 e. The number of rotatable bonds is 3. The Kier molecular flexibility index (Phi) is 4.15. The van der Waals surface area contributed by atoms with E-state index in [-0.39, 0.29) is 0 Å². The maximum atomic E-state index is 12.9. The lowest BCUT2D eigenvalue weighted by Crippen LogP contribution is -2.48. The zero-order valence-corrected chi connectivity index (χ0v) is 16.3. The second kappa shape index (κ2) is 6.44. The summed E-state index contributed by atoms with van der Waals surface area (Å²) in [5, 5.41) is 0. The summed E-state index contributed by atoms with van der Waals surface area (Å²) >= 11 is 0. The highest BCUT2D eigenvalue weighted by atomic mass is 32.2. The number of aromatic nitrogens is 2. The molecule has 9 heteroatoms. The van der Waals surface area contributed by atoms with Crippen molar-refractivity contribution in [2.75, 3.05) is 57.4 Å². The Hall–Kier alpha value is -1.68. The summed E-state index contributed by atoms with van der Waals surface area (Å²) in [7, 11) is -1.32. The zero-order chi connectivity index (χ0) is 18.6. The van der Waals surface area contributed by atoms with Gasteiger partial charge < -0.3 is 14.2 Å². The Labute approximate surface area is 159 Å². The van der Waals surface area contributed by atoms with Crippen LogP contribution in [-0.4, -0.2) is 79.1 Å². The third-order valence-corrected chi connectivity index (χ3v) is 8.09. The molecule has 0 spiro atoms. The van der Waals surface area contributed by atoms with Crippen molar-refractivity contribution in [3.63, 3.8) is 0 Å². The molecule has 3 fully saturated rings. The smallest absolute Gasteiger partial charge is 0.282 e. The van der Waals surface area contributed by atoms with Gasteiger partial charge >= 0.3 is 0 Å². The van der Waals surface area contributed by atoms with Crippen LogP contribution in [0.2, 0.25) is 0 Å². The van der Waals surface area contributed by atoms with Crippen molar-refractivity contribution in [3.05, 3.63) is 24.3 Å². The molecule has 3 aliphatic heterocycles. The van der Waals surface area contributed by atoms with Gasteiger partial charge in [0.15, 0.2) is 0 Å². The molecule has 1 aromatic heterocycles. The van der Waals surface area contributed by atoms with E-state index in [1.165, 1.54) is 0 Å². The van der Waals surface area contributed by atoms with E-state index >= 15 is 0 Å². The van der Waals surface area contributed by atoms with E-state index in [9.17, 15) is 8.42 Å². The van der Waals surface area contributed by atoms with Gasteiger partial charge in [0.2, 0.25) is 5.95 Å². The third kappa shape index (κ3) is 2.84. The molecule has 0 bridgehead atoms. The van der Waals surface area contributed by atoms with Crippen molar-refractivity contribution in [1.29, 1.82) is 0 Å². The lowest BCUT2D eigenvalue weighted by molar-refractivity contribution is 0.0705. The van der Waals surface area contributed by atoms with Crippen LogP contribution in [0.15, 0.2) is 24.3 Å². The van der Waals surface area contributed by atoms with Crippen molar-refractivity contribution in [1.82, 2.24) is 18.2 Å². The Balaban J connectivity index is 1.31. The molecule has 0 radical (unpaired) electrons. The molecule has 4 heterocycles. The number of nitrogens with zero attached hydrogens (tertiary/aromatic N) is 5. The molecule has 0 aliphatic carbocycles. The monoisotopic (exact) mass is 391 g/mol. The van der Waals surface area contributed by atoms with Crippen LogP contribution in [0.4, 0.5) is 5.95 Å².